The zero-order chi connectivity index (χ0) is 15.6. The molecule has 0 aromatic heterocycles. The zero-order valence-electron chi connectivity index (χ0n) is 14.3. The van der Waals surface area contributed by atoms with Gasteiger partial charge < -0.3 is 15.0 Å². The zero-order valence-corrected chi connectivity index (χ0v) is 14.3. The number of esters is 1. The number of ether oxygens (including phenoxy) is 1. The van der Waals surface area contributed by atoms with Gasteiger partial charge in [0.25, 0.3) is 0 Å². The first-order valence-electron chi connectivity index (χ1n) is 8.11. The van der Waals surface area contributed by atoms with Crippen LogP contribution in [0, 0.1) is 0 Å². The van der Waals surface area contributed by atoms with Gasteiger partial charge in [0.05, 0.1) is 6.61 Å². The molecule has 0 heterocycles. The first-order valence-corrected chi connectivity index (χ1v) is 8.11. The van der Waals surface area contributed by atoms with Crippen LogP contribution in [0.3, 0.4) is 0 Å². The predicted molar refractivity (Wildman–Crippen MR) is 84.9 cm³/mol. The number of nitrogens with one attached hydrogen (secondary N) is 1. The van der Waals surface area contributed by atoms with Crippen molar-refractivity contribution in [3.8, 4) is 0 Å². The standard InChI is InChI=1S/C16H34N2O2/c1-7-11-17-16(6,15(19)20-10-4)13-14(5)18(9-3)12-8-2/h14,17H,7-13H2,1-6H3. The van der Waals surface area contributed by atoms with Gasteiger partial charge in [0.2, 0.25) is 0 Å². The van der Waals surface area contributed by atoms with Crippen molar-refractivity contribution >= 4 is 5.97 Å². The van der Waals surface area contributed by atoms with E-state index in [1.807, 2.05) is 13.8 Å². The summed E-state index contributed by atoms with van der Waals surface area (Å²) in [5, 5.41) is 3.38. The van der Waals surface area contributed by atoms with Gasteiger partial charge in [-0.25, -0.2) is 0 Å². The van der Waals surface area contributed by atoms with Crippen LogP contribution in [0.2, 0.25) is 0 Å². The topological polar surface area (TPSA) is 41.6 Å². The average molecular weight is 286 g/mol. The lowest BCUT2D eigenvalue weighted by Crippen LogP contribution is -2.54. The maximum Gasteiger partial charge on any atom is 0.326 e. The quantitative estimate of drug-likeness (QED) is 0.593. The second-order valence-electron chi connectivity index (χ2n) is 5.66. The third-order valence-corrected chi connectivity index (χ3v) is 3.74. The third kappa shape index (κ3) is 6.23. The predicted octanol–water partition coefficient (Wildman–Crippen LogP) is 2.82. The van der Waals surface area contributed by atoms with Crippen LogP contribution in [0.15, 0.2) is 0 Å². The van der Waals surface area contributed by atoms with E-state index < -0.39 is 5.54 Å². The molecule has 0 amide bonds. The molecule has 0 saturated heterocycles. The second-order valence-corrected chi connectivity index (χ2v) is 5.66. The van der Waals surface area contributed by atoms with Crippen LogP contribution in [0.4, 0.5) is 0 Å². The number of hydrogen-bond donors (Lipinski definition) is 1. The minimum atomic E-state index is -0.591. The molecule has 4 nitrogen and oxygen atoms in total. The summed E-state index contributed by atoms with van der Waals surface area (Å²) in [4.78, 5) is 14.7. The molecule has 2 atom stereocenters. The Labute approximate surface area is 125 Å². The minimum Gasteiger partial charge on any atom is -0.465 e. The largest absolute Gasteiger partial charge is 0.465 e. The monoisotopic (exact) mass is 286 g/mol. The normalized spacial score (nSPS) is 15.9. The molecule has 0 aliphatic rings. The van der Waals surface area contributed by atoms with Crippen LogP contribution in [0.25, 0.3) is 0 Å². The number of rotatable bonds is 11. The first kappa shape index (κ1) is 19.4. The molecule has 20 heavy (non-hydrogen) atoms. The third-order valence-electron chi connectivity index (χ3n) is 3.74. The minimum absolute atomic E-state index is 0.132. The number of carbonyl (C=O) groups is 1. The van der Waals surface area contributed by atoms with E-state index in [-0.39, 0.29) is 5.97 Å². The van der Waals surface area contributed by atoms with Gasteiger partial charge >= 0.3 is 5.97 Å². The maximum atomic E-state index is 12.3. The molecule has 0 aliphatic heterocycles. The molecule has 0 aliphatic carbocycles. The van der Waals surface area contributed by atoms with Crippen LogP contribution in [0.5, 0.6) is 0 Å². The molecule has 2 unspecified atom stereocenters. The summed E-state index contributed by atoms with van der Waals surface area (Å²) in [6.07, 6.45) is 2.92. The van der Waals surface area contributed by atoms with Crippen molar-refractivity contribution in [3.05, 3.63) is 0 Å². The van der Waals surface area contributed by atoms with E-state index in [0.29, 0.717) is 12.6 Å². The fraction of sp³-hybridized carbons (Fsp3) is 0.938. The maximum absolute atomic E-state index is 12.3. The Morgan fingerprint density at radius 1 is 1.25 bits per heavy atom. The SMILES string of the molecule is CCCNC(C)(CC(C)N(CC)CCC)C(=O)OCC. The Hall–Kier alpha value is -0.610. The summed E-state index contributed by atoms with van der Waals surface area (Å²) >= 11 is 0. The lowest BCUT2D eigenvalue weighted by Gasteiger charge is -2.35. The second kappa shape index (κ2) is 10.2. The van der Waals surface area contributed by atoms with Gasteiger partial charge in [-0.2, -0.15) is 0 Å². The molecule has 120 valence electrons. The fourth-order valence-electron chi connectivity index (χ4n) is 2.62. The molecule has 0 fully saturated rings. The van der Waals surface area contributed by atoms with E-state index in [1.54, 1.807) is 0 Å². The molecule has 1 N–H and O–H groups in total. The number of hydrogen-bond acceptors (Lipinski definition) is 4. The van der Waals surface area contributed by atoms with Crippen molar-refractivity contribution in [2.45, 2.75) is 72.4 Å². The summed E-state index contributed by atoms with van der Waals surface area (Å²) in [6, 6.07) is 0.360. The van der Waals surface area contributed by atoms with Gasteiger partial charge in [-0.15, -0.1) is 0 Å². The molecule has 0 aromatic rings. The van der Waals surface area contributed by atoms with Crippen LogP contribution < -0.4 is 5.32 Å². The highest BCUT2D eigenvalue weighted by molar-refractivity contribution is 5.80. The van der Waals surface area contributed by atoms with E-state index in [9.17, 15) is 4.79 Å². The van der Waals surface area contributed by atoms with Gasteiger partial charge in [0.1, 0.15) is 5.54 Å². The summed E-state index contributed by atoms with van der Waals surface area (Å²) in [6.45, 7) is 15.9. The van der Waals surface area contributed by atoms with Crippen LogP contribution >= 0.6 is 0 Å². The number of nitrogens with zero attached hydrogens (tertiary/aromatic N) is 1. The van der Waals surface area contributed by atoms with Gasteiger partial charge in [0.15, 0.2) is 0 Å². The van der Waals surface area contributed by atoms with Gasteiger partial charge in [-0.3, -0.25) is 4.79 Å². The molecule has 0 rings (SSSR count). The summed E-state index contributed by atoms with van der Waals surface area (Å²) in [5.41, 5.74) is -0.591. The lowest BCUT2D eigenvalue weighted by atomic mass is 9.92. The van der Waals surface area contributed by atoms with E-state index >= 15 is 0 Å². The Kier molecular flexibility index (Phi) is 9.86. The highest BCUT2D eigenvalue weighted by atomic mass is 16.5. The first-order chi connectivity index (χ1) is 9.45. The van der Waals surface area contributed by atoms with Gasteiger partial charge in [-0.05, 0) is 59.7 Å². The van der Waals surface area contributed by atoms with E-state index in [2.05, 4.69) is 37.9 Å². The molecular formula is C16H34N2O2. The Bertz CT molecular complexity index is 271. The molecule has 4 heteroatoms. The molecule has 0 bridgehead atoms. The average Bonchev–Trinajstić information content (AvgIpc) is 2.42. The fourth-order valence-corrected chi connectivity index (χ4v) is 2.62. The smallest absolute Gasteiger partial charge is 0.326 e. The molecular weight excluding hydrogens is 252 g/mol. The van der Waals surface area contributed by atoms with E-state index in [4.69, 9.17) is 4.74 Å². The van der Waals surface area contributed by atoms with Crippen molar-refractivity contribution in [1.82, 2.24) is 10.2 Å². The van der Waals surface area contributed by atoms with E-state index in [1.165, 1.54) is 0 Å². The Balaban J connectivity index is 4.81. The van der Waals surface area contributed by atoms with Crippen molar-refractivity contribution < 1.29 is 9.53 Å². The molecule has 0 spiro atoms. The van der Waals surface area contributed by atoms with Gasteiger partial charge in [-0.1, -0.05) is 20.8 Å². The Morgan fingerprint density at radius 3 is 2.35 bits per heavy atom. The number of carbonyl (C=O) groups excluding carboxylic acids is 1. The van der Waals surface area contributed by atoms with Gasteiger partial charge in [0, 0.05) is 6.04 Å². The summed E-state index contributed by atoms with van der Waals surface area (Å²) in [5.74, 6) is -0.132. The highest BCUT2D eigenvalue weighted by Gasteiger charge is 2.36. The lowest BCUT2D eigenvalue weighted by molar-refractivity contribution is -0.151. The Morgan fingerprint density at radius 2 is 1.90 bits per heavy atom. The van der Waals surface area contributed by atoms with Crippen molar-refractivity contribution in [2.75, 3.05) is 26.2 Å². The highest BCUT2D eigenvalue weighted by Crippen LogP contribution is 2.19. The summed E-state index contributed by atoms with van der Waals surface area (Å²) < 4.78 is 5.26. The van der Waals surface area contributed by atoms with Crippen LogP contribution in [0.1, 0.15) is 60.8 Å². The molecule has 0 saturated carbocycles. The molecule has 0 radical (unpaired) electrons. The van der Waals surface area contributed by atoms with Crippen LogP contribution in [-0.4, -0.2) is 48.7 Å². The summed E-state index contributed by atoms with van der Waals surface area (Å²) in [7, 11) is 0. The van der Waals surface area contributed by atoms with E-state index in [0.717, 1.165) is 38.9 Å². The molecule has 0 aromatic carbocycles. The van der Waals surface area contributed by atoms with Crippen molar-refractivity contribution in [2.24, 2.45) is 0 Å². The van der Waals surface area contributed by atoms with Crippen molar-refractivity contribution in [3.63, 3.8) is 0 Å². The van der Waals surface area contributed by atoms with Crippen LogP contribution in [-0.2, 0) is 9.53 Å². The van der Waals surface area contributed by atoms with Crippen molar-refractivity contribution in [1.29, 1.82) is 0 Å².